The van der Waals surface area contributed by atoms with Crippen LogP contribution in [0.1, 0.15) is 0 Å². The molecule has 15 heteroatoms. The van der Waals surface area contributed by atoms with E-state index in [1.165, 1.54) is 12.3 Å². The van der Waals surface area contributed by atoms with Crippen LogP contribution in [0.25, 0.3) is 0 Å². The number of pyridine rings is 1. The summed E-state index contributed by atoms with van der Waals surface area (Å²) in [6.45, 7) is 0. The minimum Gasteiger partial charge on any atom is -0.505 e. The van der Waals surface area contributed by atoms with Gasteiger partial charge < -0.3 is 26.6 Å². The molecule has 10 nitrogen and oxygen atoms in total. The minimum atomic E-state index is -5.14. The number of aromatic nitrogens is 3. The molecule has 2 aromatic heterocycles. The van der Waals surface area contributed by atoms with Crippen molar-refractivity contribution in [2.24, 2.45) is 10.7 Å². The van der Waals surface area contributed by atoms with Gasteiger partial charge in [0.1, 0.15) is 10.8 Å². The second kappa shape index (κ2) is 10.2. The number of nitrogen functional groups attached to an aromatic ring is 1. The number of amides is 1. The van der Waals surface area contributed by atoms with Gasteiger partial charge in [0.25, 0.3) is 5.91 Å². The molecule has 3 rings (SSSR count). The number of nitrogens with two attached hydrogens (primary N) is 2. The Morgan fingerprint density at radius 1 is 1.17 bits per heavy atom. The van der Waals surface area contributed by atoms with Gasteiger partial charge in [-0.3, -0.25) is 4.79 Å². The lowest BCUT2D eigenvalue weighted by molar-refractivity contribution is -0.113. The zero-order chi connectivity index (χ0) is 25.8. The third-order valence-corrected chi connectivity index (χ3v) is 4.44. The van der Waals surface area contributed by atoms with Crippen molar-refractivity contribution in [3.8, 4) is 17.2 Å². The lowest BCUT2D eigenvalue weighted by Crippen LogP contribution is -2.32. The Kier molecular flexibility index (Phi) is 7.34. The average Bonchev–Trinajstić information content (AvgIpc) is 2.79. The predicted molar refractivity (Wildman–Crippen MR) is 118 cm³/mol. The van der Waals surface area contributed by atoms with E-state index in [-0.39, 0.29) is 28.0 Å². The van der Waals surface area contributed by atoms with Gasteiger partial charge in [-0.25, -0.2) is 24.3 Å². The summed E-state index contributed by atoms with van der Waals surface area (Å²) < 4.78 is 60.6. The first-order valence-electron chi connectivity index (χ1n) is 9.27. The van der Waals surface area contributed by atoms with Crippen molar-refractivity contribution >= 4 is 40.7 Å². The number of nitrogens with one attached hydrogen (secondary N) is 1. The van der Waals surface area contributed by atoms with Crippen molar-refractivity contribution in [3.05, 3.63) is 65.5 Å². The second-order valence-corrected chi connectivity index (χ2v) is 6.87. The van der Waals surface area contributed by atoms with Crippen LogP contribution in [-0.2, 0) is 4.79 Å². The lowest BCUT2D eigenvalue weighted by Gasteiger charge is -2.14. The van der Waals surface area contributed by atoms with Gasteiger partial charge in [0.05, 0.1) is 18.0 Å². The van der Waals surface area contributed by atoms with Gasteiger partial charge in [-0.2, -0.15) is 13.2 Å². The maximum atomic E-state index is 14.5. The maximum absolute atomic E-state index is 14.5. The van der Waals surface area contributed by atoms with Crippen LogP contribution >= 0.6 is 11.6 Å². The minimum absolute atomic E-state index is 0.00526. The number of carbonyl (C=O) groups is 1. The third kappa shape index (κ3) is 6.11. The molecule has 35 heavy (non-hydrogen) atoms. The molecule has 6 N–H and O–H groups in total. The Labute approximate surface area is 198 Å². The highest BCUT2D eigenvalue weighted by Gasteiger charge is 2.41. The number of nitrogens with zero attached hydrogens (tertiary/aromatic N) is 4. The molecule has 0 unspecified atom stereocenters. The van der Waals surface area contributed by atoms with Crippen LogP contribution in [0, 0.1) is 5.82 Å². The Morgan fingerprint density at radius 2 is 1.86 bits per heavy atom. The number of ether oxygens (including phenoxy) is 1. The molecule has 2 heterocycles. The number of halogens is 5. The molecule has 0 radical (unpaired) electrons. The summed E-state index contributed by atoms with van der Waals surface area (Å²) in [4.78, 5) is 26.3. The van der Waals surface area contributed by atoms with Crippen LogP contribution in [0.4, 0.5) is 35.0 Å². The molecule has 0 bridgehead atoms. The molecule has 3 aromatic rings. The first-order valence-corrected chi connectivity index (χ1v) is 9.65. The van der Waals surface area contributed by atoms with Gasteiger partial charge in [-0.1, -0.05) is 11.6 Å². The van der Waals surface area contributed by atoms with Crippen LogP contribution in [0.2, 0.25) is 5.02 Å². The first kappa shape index (κ1) is 25.2. The number of carbonyl (C=O) groups excluding carboxylic acids is 1. The van der Waals surface area contributed by atoms with E-state index in [0.717, 1.165) is 30.6 Å². The molecular weight excluding hydrogens is 498 g/mol. The van der Waals surface area contributed by atoms with E-state index < -0.39 is 40.9 Å². The number of rotatable bonds is 6. The fourth-order valence-electron chi connectivity index (χ4n) is 2.51. The summed E-state index contributed by atoms with van der Waals surface area (Å²) in [5.41, 5.74) is 7.79. The van der Waals surface area contributed by atoms with E-state index in [4.69, 9.17) is 32.9 Å². The second-order valence-electron chi connectivity index (χ2n) is 6.49. The summed E-state index contributed by atoms with van der Waals surface area (Å²) in [5.74, 6) is -3.78. The first-order chi connectivity index (χ1) is 16.5. The van der Waals surface area contributed by atoms with Crippen LogP contribution in [0.5, 0.6) is 17.2 Å². The number of aromatic hydroxyl groups is 1. The Bertz CT molecular complexity index is 1320. The molecule has 0 aliphatic heterocycles. The van der Waals surface area contributed by atoms with Crippen LogP contribution in [0.3, 0.4) is 0 Å². The number of hydrogen-bond acceptors (Lipinski definition) is 9. The van der Waals surface area contributed by atoms with Gasteiger partial charge in [0.15, 0.2) is 28.8 Å². The number of anilines is 2. The van der Waals surface area contributed by atoms with Crippen LogP contribution in [0.15, 0.2) is 59.6 Å². The largest absolute Gasteiger partial charge is 0.505 e. The zero-order valence-electron chi connectivity index (χ0n) is 17.2. The van der Waals surface area contributed by atoms with E-state index in [2.05, 4.69) is 25.3 Å². The summed E-state index contributed by atoms with van der Waals surface area (Å²) in [6, 6.07) is 4.40. The van der Waals surface area contributed by atoms with Crippen molar-refractivity contribution in [1.82, 2.24) is 15.0 Å². The number of aliphatic imine (C=N–C) groups is 1. The maximum Gasteiger partial charge on any atom is 0.434 e. The molecule has 0 saturated carbocycles. The average molecular weight is 512 g/mol. The molecule has 0 atom stereocenters. The van der Waals surface area contributed by atoms with Gasteiger partial charge >= 0.3 is 6.18 Å². The van der Waals surface area contributed by atoms with Crippen LogP contribution < -0.4 is 21.5 Å². The van der Waals surface area contributed by atoms with Crippen molar-refractivity contribution < 1.29 is 32.2 Å². The Hall–Kier alpha value is -4.46. The zero-order valence-corrected chi connectivity index (χ0v) is 18.0. The van der Waals surface area contributed by atoms with Gasteiger partial charge in [0.2, 0.25) is 5.95 Å². The highest BCUT2D eigenvalue weighted by molar-refractivity contribution is 6.34. The van der Waals surface area contributed by atoms with E-state index in [1.807, 2.05) is 0 Å². The molecule has 0 aliphatic rings. The molecule has 0 fully saturated rings. The van der Waals surface area contributed by atoms with Crippen LogP contribution in [-0.4, -0.2) is 37.9 Å². The summed E-state index contributed by atoms with van der Waals surface area (Å²) in [6.07, 6.45) is -1.85. The summed E-state index contributed by atoms with van der Waals surface area (Å²) in [5, 5.41) is 11.2. The summed E-state index contributed by atoms with van der Waals surface area (Å²) in [7, 11) is 0. The monoisotopic (exact) mass is 511 g/mol. The summed E-state index contributed by atoms with van der Waals surface area (Å²) >= 11 is 5.94. The predicted octanol–water partition coefficient (Wildman–Crippen LogP) is 3.86. The number of benzene rings is 1. The molecule has 0 spiro atoms. The molecule has 0 saturated heterocycles. The normalized spacial score (nSPS) is 12.4. The van der Waals surface area contributed by atoms with E-state index >= 15 is 0 Å². The van der Waals surface area contributed by atoms with Gasteiger partial charge in [-0.15, -0.1) is 0 Å². The quantitative estimate of drug-likeness (QED) is 0.220. The molecule has 182 valence electrons. The van der Waals surface area contributed by atoms with Crippen molar-refractivity contribution in [1.29, 1.82) is 0 Å². The fourth-order valence-corrected chi connectivity index (χ4v) is 2.66. The smallest absolute Gasteiger partial charge is 0.434 e. The molecule has 0 aliphatic carbocycles. The van der Waals surface area contributed by atoms with E-state index in [0.29, 0.717) is 6.20 Å². The van der Waals surface area contributed by atoms with Crippen molar-refractivity contribution in [2.45, 2.75) is 6.18 Å². The molecule has 1 aromatic carbocycles. The standard InChI is InChI=1S/C20H14ClF4N7O3/c21-15-14(3-4-28-17(15)27)35-13-2-1-9(5-12(13)22)31-18(34)11(6-26)16(20(23,24)25)32-19-29-7-10(33)8-30-19/h1-8,33H,26H2,(H2,27,28)(H,31,34). The molecular formula is C20H14ClF4N7O3. The van der Waals surface area contributed by atoms with Crippen molar-refractivity contribution in [3.63, 3.8) is 0 Å². The lowest BCUT2D eigenvalue weighted by atomic mass is 10.1. The number of hydrogen-bond donors (Lipinski definition) is 4. The Morgan fingerprint density at radius 3 is 2.46 bits per heavy atom. The van der Waals surface area contributed by atoms with Gasteiger partial charge in [-0.05, 0) is 12.1 Å². The van der Waals surface area contributed by atoms with E-state index in [9.17, 15) is 22.4 Å². The Balaban J connectivity index is 1.84. The highest BCUT2D eigenvalue weighted by Crippen LogP contribution is 2.34. The SMILES string of the molecule is NC=C(C(=O)Nc1ccc(Oc2ccnc(N)c2Cl)c(F)c1)C(=Nc1ncc(O)cn1)C(F)(F)F. The number of alkyl halides is 3. The molecule has 1 amide bonds. The highest BCUT2D eigenvalue weighted by atomic mass is 35.5. The van der Waals surface area contributed by atoms with Crippen molar-refractivity contribution in [2.75, 3.05) is 11.1 Å². The van der Waals surface area contributed by atoms with Gasteiger partial charge in [0, 0.05) is 30.2 Å². The topological polar surface area (TPSA) is 162 Å². The third-order valence-electron chi connectivity index (χ3n) is 4.06. The van der Waals surface area contributed by atoms with E-state index in [1.54, 1.807) is 0 Å². The fraction of sp³-hybridized carbons (Fsp3) is 0.0500.